The van der Waals surface area contributed by atoms with Crippen LogP contribution in [0.25, 0.3) is 17.2 Å². The lowest BCUT2D eigenvalue weighted by Gasteiger charge is -2.15. The van der Waals surface area contributed by atoms with E-state index in [1.807, 2.05) is 28.8 Å². The van der Waals surface area contributed by atoms with Crippen molar-refractivity contribution in [3.63, 3.8) is 0 Å². The number of amides is 1. The maximum Gasteiger partial charge on any atom is 0.250 e. The zero-order valence-electron chi connectivity index (χ0n) is 17.0. The van der Waals surface area contributed by atoms with Crippen LogP contribution in [0.1, 0.15) is 27.2 Å². The normalized spacial score (nSPS) is 13.5. The van der Waals surface area contributed by atoms with Gasteiger partial charge in [0.15, 0.2) is 11.6 Å². The predicted octanol–water partition coefficient (Wildman–Crippen LogP) is 2.19. The molecule has 4 heterocycles. The summed E-state index contributed by atoms with van der Waals surface area (Å²) < 4.78 is 1.82. The SMILES string of the molecule is NC(=O)c1cccn2c(-c3nc4c(c(NCc5ccccc5)n3)CCNCC4)ncc12. The molecular weight excluding hydrogens is 390 g/mol. The van der Waals surface area contributed by atoms with Crippen LogP contribution in [0.3, 0.4) is 0 Å². The van der Waals surface area contributed by atoms with Gasteiger partial charge in [-0.25, -0.2) is 15.0 Å². The van der Waals surface area contributed by atoms with E-state index >= 15 is 0 Å². The maximum atomic E-state index is 11.8. The molecule has 0 bridgehead atoms. The lowest BCUT2D eigenvalue weighted by atomic mass is 10.1. The maximum absolute atomic E-state index is 11.8. The first-order valence-corrected chi connectivity index (χ1v) is 10.4. The minimum atomic E-state index is -0.490. The molecule has 5 rings (SSSR count). The van der Waals surface area contributed by atoms with Crippen molar-refractivity contribution < 1.29 is 4.79 Å². The van der Waals surface area contributed by atoms with Crippen LogP contribution in [0.4, 0.5) is 5.82 Å². The van der Waals surface area contributed by atoms with Crippen molar-refractivity contribution in [3.8, 4) is 11.6 Å². The number of benzene rings is 1. The standard InChI is InChI=1S/C23H23N7O/c24-20(31)17-7-4-12-30-19(17)14-27-23(30)22-28-18-9-11-25-10-8-16(18)21(29-22)26-13-15-5-2-1-3-6-15/h1-7,12,14,25H,8-11,13H2,(H2,24,31)(H,26,28,29). The Balaban J connectivity index is 1.59. The number of pyridine rings is 1. The molecule has 4 aromatic rings. The van der Waals surface area contributed by atoms with Gasteiger partial charge < -0.3 is 16.4 Å². The largest absolute Gasteiger partial charge is 0.366 e. The van der Waals surface area contributed by atoms with Crippen molar-refractivity contribution in [2.24, 2.45) is 5.73 Å². The average molecular weight is 413 g/mol. The van der Waals surface area contributed by atoms with Gasteiger partial charge >= 0.3 is 0 Å². The van der Waals surface area contributed by atoms with Crippen molar-refractivity contribution in [2.75, 3.05) is 18.4 Å². The lowest BCUT2D eigenvalue weighted by molar-refractivity contribution is 0.100. The number of carbonyl (C=O) groups is 1. The van der Waals surface area contributed by atoms with Crippen molar-refractivity contribution in [3.05, 3.63) is 77.2 Å². The number of imidazole rings is 1. The van der Waals surface area contributed by atoms with Gasteiger partial charge in [0.25, 0.3) is 5.91 Å². The number of primary amides is 1. The molecule has 0 unspecified atom stereocenters. The molecule has 0 atom stereocenters. The number of rotatable bonds is 5. The smallest absolute Gasteiger partial charge is 0.250 e. The lowest BCUT2D eigenvalue weighted by Crippen LogP contribution is -2.16. The molecule has 0 saturated heterocycles. The molecule has 1 amide bonds. The summed E-state index contributed by atoms with van der Waals surface area (Å²) in [7, 11) is 0. The zero-order valence-corrected chi connectivity index (χ0v) is 17.0. The van der Waals surface area contributed by atoms with E-state index in [9.17, 15) is 4.79 Å². The van der Waals surface area contributed by atoms with E-state index in [1.54, 1.807) is 18.3 Å². The molecule has 1 aliphatic rings. The Labute approximate surface area is 179 Å². The van der Waals surface area contributed by atoms with Crippen LogP contribution in [0.2, 0.25) is 0 Å². The first kappa shape index (κ1) is 19.2. The highest BCUT2D eigenvalue weighted by Crippen LogP contribution is 2.26. The number of hydrogen-bond acceptors (Lipinski definition) is 6. The van der Waals surface area contributed by atoms with Crippen LogP contribution in [-0.4, -0.2) is 38.3 Å². The van der Waals surface area contributed by atoms with E-state index < -0.39 is 5.91 Å². The minimum absolute atomic E-state index is 0.419. The first-order valence-electron chi connectivity index (χ1n) is 10.4. The summed E-state index contributed by atoms with van der Waals surface area (Å²) in [6.07, 6.45) is 5.17. The Morgan fingerprint density at radius 2 is 1.94 bits per heavy atom. The van der Waals surface area contributed by atoms with Crippen LogP contribution in [0, 0.1) is 0 Å². The van der Waals surface area contributed by atoms with Gasteiger partial charge in [0, 0.05) is 31.3 Å². The van der Waals surface area contributed by atoms with Gasteiger partial charge in [-0.1, -0.05) is 30.3 Å². The summed E-state index contributed by atoms with van der Waals surface area (Å²) in [6, 6.07) is 13.7. The Morgan fingerprint density at radius 1 is 1.10 bits per heavy atom. The fraction of sp³-hybridized carbons (Fsp3) is 0.217. The Morgan fingerprint density at radius 3 is 2.77 bits per heavy atom. The van der Waals surface area contributed by atoms with Crippen molar-refractivity contribution in [2.45, 2.75) is 19.4 Å². The predicted molar refractivity (Wildman–Crippen MR) is 119 cm³/mol. The number of nitrogens with one attached hydrogen (secondary N) is 2. The molecule has 0 saturated carbocycles. The Hall–Kier alpha value is -3.78. The second-order valence-electron chi connectivity index (χ2n) is 7.53. The van der Waals surface area contributed by atoms with Crippen LogP contribution >= 0.6 is 0 Å². The molecule has 0 radical (unpaired) electrons. The minimum Gasteiger partial charge on any atom is -0.366 e. The number of hydrogen-bond donors (Lipinski definition) is 3. The molecule has 0 fully saturated rings. The van der Waals surface area contributed by atoms with Gasteiger partial charge in [0.05, 0.1) is 23.0 Å². The van der Waals surface area contributed by atoms with Gasteiger partial charge in [-0.3, -0.25) is 9.20 Å². The molecule has 4 N–H and O–H groups in total. The summed E-state index contributed by atoms with van der Waals surface area (Å²) in [5, 5.41) is 6.94. The summed E-state index contributed by atoms with van der Waals surface area (Å²) in [5.74, 6) is 1.45. The second-order valence-corrected chi connectivity index (χ2v) is 7.53. The van der Waals surface area contributed by atoms with Crippen molar-refractivity contribution >= 4 is 17.2 Å². The van der Waals surface area contributed by atoms with Crippen LogP contribution in [0.5, 0.6) is 0 Å². The van der Waals surface area contributed by atoms with E-state index in [4.69, 9.17) is 15.7 Å². The highest BCUT2D eigenvalue weighted by molar-refractivity contribution is 5.99. The number of nitrogens with two attached hydrogens (primary N) is 1. The van der Waals surface area contributed by atoms with E-state index in [-0.39, 0.29) is 0 Å². The average Bonchev–Trinajstić information content (AvgIpc) is 3.08. The van der Waals surface area contributed by atoms with Gasteiger partial charge in [-0.2, -0.15) is 0 Å². The van der Waals surface area contributed by atoms with E-state index in [1.165, 1.54) is 5.56 Å². The fourth-order valence-corrected chi connectivity index (χ4v) is 3.97. The van der Waals surface area contributed by atoms with E-state index in [0.29, 0.717) is 29.3 Å². The molecule has 0 spiro atoms. The number of fused-ring (bicyclic) bond motifs is 2. The van der Waals surface area contributed by atoms with Crippen LogP contribution in [-0.2, 0) is 19.4 Å². The van der Waals surface area contributed by atoms with E-state index in [2.05, 4.69) is 27.8 Å². The highest BCUT2D eigenvalue weighted by Gasteiger charge is 2.20. The first-order chi connectivity index (χ1) is 15.2. The third kappa shape index (κ3) is 3.73. The monoisotopic (exact) mass is 413 g/mol. The molecule has 156 valence electrons. The zero-order chi connectivity index (χ0) is 21.2. The molecule has 1 aliphatic heterocycles. The fourth-order valence-electron chi connectivity index (χ4n) is 3.97. The molecule has 0 aliphatic carbocycles. The van der Waals surface area contributed by atoms with Crippen LogP contribution in [0.15, 0.2) is 54.9 Å². The Kier molecular flexibility index (Phi) is 5.05. The summed E-state index contributed by atoms with van der Waals surface area (Å²) in [4.78, 5) is 26.1. The molecule has 31 heavy (non-hydrogen) atoms. The molecule has 8 heteroatoms. The Bertz CT molecular complexity index is 1250. The number of nitrogens with zero attached hydrogens (tertiary/aromatic N) is 4. The number of carbonyl (C=O) groups excluding carboxylic acids is 1. The van der Waals surface area contributed by atoms with Gasteiger partial charge in [-0.05, 0) is 30.7 Å². The summed E-state index contributed by atoms with van der Waals surface area (Å²) in [6.45, 7) is 2.44. The third-order valence-electron chi connectivity index (χ3n) is 5.52. The molecule has 1 aromatic carbocycles. The number of anilines is 1. The van der Waals surface area contributed by atoms with Crippen molar-refractivity contribution in [1.29, 1.82) is 0 Å². The molecular formula is C23H23N7O. The summed E-state index contributed by atoms with van der Waals surface area (Å²) >= 11 is 0. The quantitative estimate of drug-likeness (QED) is 0.463. The molecule has 3 aromatic heterocycles. The summed E-state index contributed by atoms with van der Waals surface area (Å²) in [5.41, 5.74) is 9.93. The van der Waals surface area contributed by atoms with Crippen LogP contribution < -0.4 is 16.4 Å². The topological polar surface area (TPSA) is 110 Å². The molecule has 8 nitrogen and oxygen atoms in total. The number of aromatic nitrogens is 4. The van der Waals surface area contributed by atoms with Gasteiger partial charge in [0.1, 0.15) is 5.82 Å². The third-order valence-corrected chi connectivity index (χ3v) is 5.52. The van der Waals surface area contributed by atoms with Gasteiger partial charge in [0.2, 0.25) is 0 Å². The van der Waals surface area contributed by atoms with Crippen molar-refractivity contribution in [1.82, 2.24) is 24.7 Å². The van der Waals surface area contributed by atoms with Gasteiger partial charge in [-0.15, -0.1) is 0 Å². The highest BCUT2D eigenvalue weighted by atomic mass is 16.1. The van der Waals surface area contributed by atoms with E-state index in [0.717, 1.165) is 43.0 Å². The second kappa shape index (κ2) is 8.16.